The average Bonchev–Trinajstić information content (AvgIpc) is 2.42. The minimum atomic E-state index is 0.772. The van der Waals surface area contributed by atoms with E-state index in [-0.39, 0.29) is 0 Å². The maximum atomic E-state index is 6.07. The molecular formula is C14H20BrClN2O. The van der Waals surface area contributed by atoms with Crippen LogP contribution in [0.15, 0.2) is 18.2 Å². The normalized spacial score (nSPS) is 17.6. The lowest BCUT2D eigenvalue weighted by atomic mass is 10.1. The summed E-state index contributed by atoms with van der Waals surface area (Å²) in [4.78, 5) is 4.94. The van der Waals surface area contributed by atoms with Crippen LogP contribution in [0.25, 0.3) is 0 Å². The highest BCUT2D eigenvalue weighted by atomic mass is 79.9. The smallest absolute Gasteiger partial charge is 0.123 e. The number of rotatable bonds is 5. The van der Waals surface area contributed by atoms with Crippen molar-refractivity contribution >= 4 is 27.5 Å². The van der Waals surface area contributed by atoms with Gasteiger partial charge in [-0.05, 0) is 18.2 Å². The predicted octanol–water partition coefficient (Wildman–Crippen LogP) is 2.86. The number of benzene rings is 1. The minimum absolute atomic E-state index is 0.772. The topological polar surface area (TPSA) is 15.7 Å². The third-order valence-corrected chi connectivity index (χ3v) is 4.09. The van der Waals surface area contributed by atoms with Gasteiger partial charge in [0.15, 0.2) is 0 Å². The fourth-order valence-corrected chi connectivity index (χ4v) is 3.10. The van der Waals surface area contributed by atoms with E-state index in [4.69, 9.17) is 16.3 Å². The van der Waals surface area contributed by atoms with Crippen LogP contribution in [0.4, 0.5) is 0 Å². The van der Waals surface area contributed by atoms with Crippen LogP contribution < -0.4 is 4.74 Å². The van der Waals surface area contributed by atoms with Gasteiger partial charge in [0.05, 0.1) is 7.11 Å². The molecule has 5 heteroatoms. The van der Waals surface area contributed by atoms with Gasteiger partial charge in [0.2, 0.25) is 0 Å². The lowest BCUT2D eigenvalue weighted by molar-refractivity contribution is 0.132. The molecule has 0 saturated carbocycles. The summed E-state index contributed by atoms with van der Waals surface area (Å²) < 4.78 is 5.40. The number of alkyl halides is 1. The first kappa shape index (κ1) is 15.1. The summed E-state index contributed by atoms with van der Waals surface area (Å²) in [7, 11) is 1.71. The van der Waals surface area contributed by atoms with Gasteiger partial charge >= 0.3 is 0 Å². The van der Waals surface area contributed by atoms with E-state index < -0.39 is 0 Å². The summed E-state index contributed by atoms with van der Waals surface area (Å²) >= 11 is 9.56. The Morgan fingerprint density at radius 1 is 1.21 bits per heavy atom. The monoisotopic (exact) mass is 346 g/mol. The Bertz CT molecular complexity index is 408. The van der Waals surface area contributed by atoms with Crippen LogP contribution in [-0.2, 0) is 6.54 Å². The summed E-state index contributed by atoms with van der Waals surface area (Å²) in [6, 6.07) is 5.82. The van der Waals surface area contributed by atoms with E-state index in [0.29, 0.717) is 0 Å². The number of hydrogen-bond donors (Lipinski definition) is 0. The molecule has 0 aliphatic carbocycles. The summed E-state index contributed by atoms with van der Waals surface area (Å²) in [6.45, 7) is 6.51. The number of methoxy groups -OCH3 is 1. The highest BCUT2D eigenvalue weighted by Crippen LogP contribution is 2.24. The fraction of sp³-hybridized carbons (Fsp3) is 0.571. The SMILES string of the molecule is COc1ccc(Cl)cc1CN1CCN(CCBr)CC1. The Morgan fingerprint density at radius 2 is 1.89 bits per heavy atom. The van der Waals surface area contributed by atoms with Crippen LogP contribution in [0.3, 0.4) is 0 Å². The predicted molar refractivity (Wildman–Crippen MR) is 83.5 cm³/mol. The van der Waals surface area contributed by atoms with Gasteiger partial charge in [-0.2, -0.15) is 0 Å². The van der Waals surface area contributed by atoms with Gasteiger partial charge in [-0.25, -0.2) is 0 Å². The van der Waals surface area contributed by atoms with E-state index in [1.54, 1.807) is 7.11 Å². The lowest BCUT2D eigenvalue weighted by Crippen LogP contribution is -2.46. The summed E-state index contributed by atoms with van der Waals surface area (Å²) in [5.41, 5.74) is 1.17. The highest BCUT2D eigenvalue weighted by Gasteiger charge is 2.17. The molecule has 3 nitrogen and oxygen atoms in total. The van der Waals surface area contributed by atoms with Crippen LogP contribution in [0.1, 0.15) is 5.56 Å². The Morgan fingerprint density at radius 3 is 2.53 bits per heavy atom. The molecule has 0 amide bonds. The summed E-state index contributed by atoms with van der Waals surface area (Å²) in [5.74, 6) is 0.923. The molecule has 106 valence electrons. The lowest BCUT2D eigenvalue weighted by Gasteiger charge is -2.34. The van der Waals surface area contributed by atoms with Gasteiger partial charge < -0.3 is 4.74 Å². The molecule has 0 bridgehead atoms. The number of ether oxygens (including phenoxy) is 1. The van der Waals surface area contributed by atoms with Crippen molar-refractivity contribution in [2.45, 2.75) is 6.54 Å². The van der Waals surface area contributed by atoms with Crippen molar-refractivity contribution in [3.05, 3.63) is 28.8 Å². The van der Waals surface area contributed by atoms with Crippen LogP contribution >= 0.6 is 27.5 Å². The maximum absolute atomic E-state index is 6.07. The van der Waals surface area contributed by atoms with Crippen molar-refractivity contribution in [2.75, 3.05) is 45.2 Å². The molecular weight excluding hydrogens is 328 g/mol. The Labute approximate surface area is 128 Å². The summed E-state index contributed by atoms with van der Waals surface area (Å²) in [6.07, 6.45) is 0. The Kier molecular flexibility index (Phi) is 5.95. The van der Waals surface area contributed by atoms with Crippen molar-refractivity contribution in [3.63, 3.8) is 0 Å². The van der Waals surface area contributed by atoms with Crippen LogP contribution in [-0.4, -0.2) is 55.0 Å². The minimum Gasteiger partial charge on any atom is -0.496 e. The molecule has 1 fully saturated rings. The fourth-order valence-electron chi connectivity index (χ4n) is 2.40. The van der Waals surface area contributed by atoms with Crippen molar-refractivity contribution in [1.82, 2.24) is 9.80 Å². The standard InChI is InChI=1S/C14H20BrClN2O/c1-19-14-3-2-13(16)10-12(14)11-18-8-6-17(5-4-15)7-9-18/h2-3,10H,4-9,11H2,1H3. The third kappa shape index (κ3) is 4.35. The second kappa shape index (κ2) is 7.48. The van der Waals surface area contributed by atoms with Gasteiger partial charge in [0.25, 0.3) is 0 Å². The number of piperazine rings is 1. The molecule has 1 saturated heterocycles. The molecule has 0 N–H and O–H groups in total. The number of hydrogen-bond acceptors (Lipinski definition) is 3. The van der Waals surface area contributed by atoms with Crippen molar-refractivity contribution < 1.29 is 4.74 Å². The molecule has 0 atom stereocenters. The molecule has 1 aromatic rings. The van der Waals surface area contributed by atoms with Gasteiger partial charge in [-0.15, -0.1) is 0 Å². The third-order valence-electron chi connectivity index (χ3n) is 3.50. The second-order valence-electron chi connectivity index (χ2n) is 4.76. The molecule has 0 radical (unpaired) electrons. The van der Waals surface area contributed by atoms with Crippen LogP contribution in [0, 0.1) is 0 Å². The second-order valence-corrected chi connectivity index (χ2v) is 5.99. The zero-order valence-electron chi connectivity index (χ0n) is 11.2. The van der Waals surface area contributed by atoms with Crippen molar-refractivity contribution in [2.24, 2.45) is 0 Å². The van der Waals surface area contributed by atoms with Gasteiger partial charge in [0.1, 0.15) is 5.75 Å². The van der Waals surface area contributed by atoms with E-state index in [1.807, 2.05) is 18.2 Å². The Balaban J connectivity index is 1.93. The van der Waals surface area contributed by atoms with E-state index in [2.05, 4.69) is 25.7 Å². The van der Waals surface area contributed by atoms with E-state index in [9.17, 15) is 0 Å². The van der Waals surface area contributed by atoms with Crippen molar-refractivity contribution in [1.29, 1.82) is 0 Å². The first-order valence-corrected chi connectivity index (χ1v) is 8.06. The molecule has 19 heavy (non-hydrogen) atoms. The largest absolute Gasteiger partial charge is 0.496 e. The zero-order valence-corrected chi connectivity index (χ0v) is 13.6. The molecule has 0 spiro atoms. The van der Waals surface area contributed by atoms with Gasteiger partial charge in [0, 0.05) is 55.2 Å². The molecule has 2 rings (SSSR count). The van der Waals surface area contributed by atoms with E-state index >= 15 is 0 Å². The van der Waals surface area contributed by atoms with E-state index in [0.717, 1.165) is 55.4 Å². The quantitative estimate of drug-likeness (QED) is 0.762. The van der Waals surface area contributed by atoms with Gasteiger partial charge in [-0.3, -0.25) is 9.80 Å². The summed E-state index contributed by atoms with van der Waals surface area (Å²) in [5, 5.41) is 1.82. The molecule has 0 unspecified atom stereocenters. The van der Waals surface area contributed by atoms with Crippen LogP contribution in [0.2, 0.25) is 5.02 Å². The Hall–Kier alpha value is -0.290. The highest BCUT2D eigenvalue weighted by molar-refractivity contribution is 9.09. The van der Waals surface area contributed by atoms with Crippen LogP contribution in [0.5, 0.6) is 5.75 Å². The zero-order chi connectivity index (χ0) is 13.7. The first-order valence-electron chi connectivity index (χ1n) is 6.56. The molecule has 1 aliphatic rings. The first-order chi connectivity index (χ1) is 9.22. The number of nitrogens with zero attached hydrogens (tertiary/aromatic N) is 2. The molecule has 1 aromatic carbocycles. The van der Waals surface area contributed by atoms with E-state index in [1.165, 1.54) is 5.56 Å². The average molecular weight is 348 g/mol. The molecule has 1 heterocycles. The maximum Gasteiger partial charge on any atom is 0.123 e. The molecule has 1 aliphatic heterocycles. The van der Waals surface area contributed by atoms with Crippen molar-refractivity contribution in [3.8, 4) is 5.75 Å². The van der Waals surface area contributed by atoms with Gasteiger partial charge in [-0.1, -0.05) is 27.5 Å². The number of halogens is 2. The molecule has 0 aromatic heterocycles.